The summed E-state index contributed by atoms with van der Waals surface area (Å²) in [6.07, 6.45) is 0.0111. The first-order valence-electron chi connectivity index (χ1n) is 7.23. The Morgan fingerprint density at radius 3 is 2.68 bits per heavy atom. The van der Waals surface area contributed by atoms with Gasteiger partial charge in [0.15, 0.2) is 15.8 Å². The van der Waals surface area contributed by atoms with Crippen molar-refractivity contribution in [2.24, 2.45) is 4.99 Å². The number of sulfone groups is 1. The average molecular weight is 447 g/mol. The van der Waals surface area contributed by atoms with Crippen LogP contribution in [0.3, 0.4) is 0 Å². The lowest BCUT2D eigenvalue weighted by atomic mass is 10.2. The normalized spacial score (nSPS) is 27.9. The smallest absolute Gasteiger partial charge is 0.193 e. The molecular weight excluding hydrogens is 421 g/mol. The third kappa shape index (κ3) is 4.68. The lowest BCUT2D eigenvalue weighted by molar-refractivity contribution is -0.0851. The summed E-state index contributed by atoms with van der Waals surface area (Å²) in [7, 11) is -1.34. The van der Waals surface area contributed by atoms with E-state index in [2.05, 4.69) is 10.3 Å². The van der Waals surface area contributed by atoms with Crippen LogP contribution in [0.15, 0.2) is 4.99 Å². The van der Waals surface area contributed by atoms with Crippen molar-refractivity contribution in [1.29, 1.82) is 0 Å². The molecular formula is C13H26IN3O4S. The number of halogens is 1. The van der Waals surface area contributed by atoms with Gasteiger partial charge in [0.25, 0.3) is 0 Å². The molecule has 1 N–H and O–H groups in total. The Balaban J connectivity index is 0.00000242. The molecule has 0 aromatic carbocycles. The van der Waals surface area contributed by atoms with Crippen LogP contribution >= 0.6 is 24.0 Å². The summed E-state index contributed by atoms with van der Waals surface area (Å²) in [6, 6.07) is 0. The van der Waals surface area contributed by atoms with Gasteiger partial charge in [-0.3, -0.25) is 4.99 Å². The molecule has 0 aliphatic carbocycles. The Morgan fingerprint density at radius 2 is 2.14 bits per heavy atom. The van der Waals surface area contributed by atoms with Crippen molar-refractivity contribution in [3.05, 3.63) is 0 Å². The molecule has 9 heteroatoms. The number of guanidine groups is 1. The highest BCUT2D eigenvalue weighted by molar-refractivity contribution is 14.0. The van der Waals surface area contributed by atoms with E-state index in [1.807, 2.05) is 4.90 Å². The van der Waals surface area contributed by atoms with Gasteiger partial charge in [0.2, 0.25) is 0 Å². The second-order valence-electron chi connectivity index (χ2n) is 6.00. The predicted octanol–water partition coefficient (Wildman–Crippen LogP) is 0.104. The quantitative estimate of drug-likeness (QED) is 0.368. The molecule has 0 saturated carbocycles. The number of nitrogens with zero attached hydrogens (tertiary/aromatic N) is 2. The second kappa shape index (κ2) is 8.11. The van der Waals surface area contributed by atoms with Gasteiger partial charge in [0.1, 0.15) is 0 Å². The minimum Gasteiger partial charge on any atom is -0.376 e. The molecule has 0 radical (unpaired) electrons. The molecule has 22 heavy (non-hydrogen) atoms. The molecule has 2 saturated heterocycles. The number of rotatable bonds is 2. The number of nitrogens with one attached hydrogen (secondary N) is 1. The number of ether oxygens (including phenoxy) is 2. The van der Waals surface area contributed by atoms with Gasteiger partial charge in [-0.2, -0.15) is 0 Å². The van der Waals surface area contributed by atoms with Gasteiger partial charge >= 0.3 is 0 Å². The van der Waals surface area contributed by atoms with Gasteiger partial charge in [-0.25, -0.2) is 8.42 Å². The molecule has 130 valence electrons. The van der Waals surface area contributed by atoms with Crippen LogP contribution in [0.25, 0.3) is 0 Å². The SMILES string of the molecule is CN=C(NCC1COCCO1)N1CCS(=O)(=O)C(C)(C)C1.I. The van der Waals surface area contributed by atoms with E-state index in [1.165, 1.54) is 0 Å². The van der Waals surface area contributed by atoms with E-state index < -0.39 is 14.6 Å². The summed E-state index contributed by atoms with van der Waals surface area (Å²) < 4.78 is 34.3. The van der Waals surface area contributed by atoms with Crippen LogP contribution in [-0.4, -0.2) is 82.4 Å². The highest BCUT2D eigenvalue weighted by Gasteiger charge is 2.41. The summed E-state index contributed by atoms with van der Waals surface area (Å²) in [5.41, 5.74) is 0. The monoisotopic (exact) mass is 447 g/mol. The van der Waals surface area contributed by atoms with Crippen molar-refractivity contribution in [1.82, 2.24) is 10.2 Å². The maximum atomic E-state index is 12.0. The molecule has 0 bridgehead atoms. The van der Waals surface area contributed by atoms with Crippen LogP contribution in [0.2, 0.25) is 0 Å². The fourth-order valence-corrected chi connectivity index (χ4v) is 3.88. The highest BCUT2D eigenvalue weighted by Crippen LogP contribution is 2.23. The Morgan fingerprint density at radius 1 is 1.41 bits per heavy atom. The van der Waals surface area contributed by atoms with Crippen molar-refractivity contribution in [3.63, 3.8) is 0 Å². The summed E-state index contributed by atoms with van der Waals surface area (Å²) in [5.74, 6) is 0.871. The molecule has 2 heterocycles. The molecule has 2 aliphatic heterocycles. The van der Waals surface area contributed by atoms with Crippen LogP contribution in [0, 0.1) is 0 Å². The molecule has 2 rings (SSSR count). The van der Waals surface area contributed by atoms with Crippen LogP contribution < -0.4 is 5.32 Å². The topological polar surface area (TPSA) is 80.2 Å². The second-order valence-corrected chi connectivity index (χ2v) is 8.74. The lowest BCUT2D eigenvalue weighted by Crippen LogP contribution is -2.58. The van der Waals surface area contributed by atoms with Gasteiger partial charge in [-0.05, 0) is 13.8 Å². The van der Waals surface area contributed by atoms with Crippen LogP contribution in [0.5, 0.6) is 0 Å². The van der Waals surface area contributed by atoms with Crippen LogP contribution in [0.1, 0.15) is 13.8 Å². The number of hydrogen-bond acceptors (Lipinski definition) is 5. The molecule has 0 amide bonds. The van der Waals surface area contributed by atoms with Gasteiger partial charge in [0, 0.05) is 26.7 Å². The van der Waals surface area contributed by atoms with Crippen molar-refractivity contribution in [2.75, 3.05) is 52.3 Å². The zero-order chi connectivity index (χ0) is 15.5. The molecule has 0 aromatic rings. The van der Waals surface area contributed by atoms with E-state index in [0.717, 1.165) is 0 Å². The Kier molecular flexibility index (Phi) is 7.34. The summed E-state index contributed by atoms with van der Waals surface area (Å²) in [6.45, 7) is 6.87. The minimum atomic E-state index is -3.04. The maximum Gasteiger partial charge on any atom is 0.193 e. The van der Waals surface area contributed by atoms with E-state index in [4.69, 9.17) is 9.47 Å². The largest absolute Gasteiger partial charge is 0.376 e. The summed E-state index contributed by atoms with van der Waals surface area (Å²) in [5, 5.41) is 3.25. The molecule has 0 spiro atoms. The molecule has 7 nitrogen and oxygen atoms in total. The number of hydrogen-bond donors (Lipinski definition) is 1. The molecule has 1 unspecified atom stereocenters. The first-order valence-corrected chi connectivity index (χ1v) is 8.88. The van der Waals surface area contributed by atoms with Crippen molar-refractivity contribution >= 4 is 39.8 Å². The molecule has 1 atom stereocenters. The molecule has 2 fully saturated rings. The average Bonchev–Trinajstić information content (AvgIpc) is 2.44. The Labute approximate surface area is 149 Å². The lowest BCUT2D eigenvalue weighted by Gasteiger charge is -2.39. The molecule has 2 aliphatic rings. The van der Waals surface area contributed by atoms with Gasteiger partial charge in [-0.1, -0.05) is 0 Å². The first-order chi connectivity index (χ1) is 9.86. The van der Waals surface area contributed by atoms with E-state index in [9.17, 15) is 8.42 Å². The highest BCUT2D eigenvalue weighted by atomic mass is 127. The van der Waals surface area contributed by atoms with E-state index in [0.29, 0.717) is 45.4 Å². The van der Waals surface area contributed by atoms with Gasteiger partial charge in [-0.15, -0.1) is 24.0 Å². The van der Waals surface area contributed by atoms with E-state index in [1.54, 1.807) is 20.9 Å². The Hall–Kier alpha value is -0.130. The van der Waals surface area contributed by atoms with Gasteiger partial charge < -0.3 is 19.7 Å². The van der Waals surface area contributed by atoms with E-state index in [-0.39, 0.29) is 35.8 Å². The van der Waals surface area contributed by atoms with Gasteiger partial charge in [0.05, 0.1) is 36.4 Å². The predicted molar refractivity (Wildman–Crippen MR) is 96.8 cm³/mol. The summed E-state index contributed by atoms with van der Waals surface area (Å²) >= 11 is 0. The van der Waals surface area contributed by atoms with Crippen molar-refractivity contribution in [2.45, 2.75) is 24.7 Å². The third-order valence-corrected chi connectivity index (χ3v) is 6.46. The zero-order valence-corrected chi connectivity index (χ0v) is 16.5. The van der Waals surface area contributed by atoms with Crippen molar-refractivity contribution in [3.8, 4) is 0 Å². The van der Waals surface area contributed by atoms with Crippen molar-refractivity contribution < 1.29 is 17.9 Å². The minimum absolute atomic E-state index is 0. The van der Waals surface area contributed by atoms with E-state index >= 15 is 0 Å². The fraction of sp³-hybridized carbons (Fsp3) is 0.923. The maximum absolute atomic E-state index is 12.0. The molecule has 0 aromatic heterocycles. The number of aliphatic imine (C=N–C) groups is 1. The standard InChI is InChI=1S/C13H25N3O4S.HI/c1-13(2)10-16(4-7-21(13,17)18)12(14-3)15-8-11-9-19-5-6-20-11;/h11H,4-10H2,1-3H3,(H,14,15);1H. The van der Waals surface area contributed by atoms with Crippen LogP contribution in [0.4, 0.5) is 0 Å². The Bertz CT molecular complexity index is 490. The first kappa shape index (κ1) is 19.9. The van der Waals surface area contributed by atoms with Crippen LogP contribution in [-0.2, 0) is 19.3 Å². The zero-order valence-electron chi connectivity index (χ0n) is 13.4. The third-order valence-electron chi connectivity index (χ3n) is 3.93. The fourth-order valence-electron chi connectivity index (χ4n) is 2.52. The summed E-state index contributed by atoms with van der Waals surface area (Å²) in [4.78, 5) is 6.24.